The molecule has 15 heteroatoms. The van der Waals surface area contributed by atoms with Crippen molar-refractivity contribution in [1.82, 2.24) is 20.1 Å². The number of nitrogens with zero attached hydrogens (tertiary/aromatic N) is 3. The predicted molar refractivity (Wildman–Crippen MR) is 160 cm³/mol. The summed E-state index contributed by atoms with van der Waals surface area (Å²) in [7, 11) is 1.39. The van der Waals surface area contributed by atoms with Crippen LogP contribution in [0.3, 0.4) is 0 Å². The molecule has 2 fully saturated rings. The van der Waals surface area contributed by atoms with Gasteiger partial charge in [0.2, 0.25) is 11.7 Å². The van der Waals surface area contributed by atoms with Gasteiger partial charge in [-0.2, -0.15) is 18.3 Å². The summed E-state index contributed by atoms with van der Waals surface area (Å²) in [6.45, 7) is 0.880. The summed E-state index contributed by atoms with van der Waals surface area (Å²) in [5, 5.41) is 19.7. The minimum absolute atomic E-state index is 0.0239. The highest BCUT2D eigenvalue weighted by Gasteiger charge is 2.50. The quantitative estimate of drug-likeness (QED) is 0.216. The molecule has 2 aromatic carbocycles. The molecule has 2 saturated carbocycles. The second kappa shape index (κ2) is 10.6. The van der Waals surface area contributed by atoms with Crippen LogP contribution in [0.15, 0.2) is 42.6 Å². The van der Waals surface area contributed by atoms with Crippen molar-refractivity contribution in [3.8, 4) is 22.8 Å². The SMILES string of the molecule is COc1cc(C(=O)NC[C@](O)(c2cc3c(c(-c4ccc(F)c(C(F)(F)F)c4)n2)OC[C@]3(C)C(N)=O)C2CC2)cc2cn(C3(F)CC3)nc12. The van der Waals surface area contributed by atoms with Crippen molar-refractivity contribution < 1.29 is 46.1 Å². The molecule has 3 heterocycles. The number of rotatable bonds is 9. The molecule has 0 unspecified atom stereocenters. The Morgan fingerprint density at radius 2 is 1.92 bits per heavy atom. The summed E-state index contributed by atoms with van der Waals surface area (Å²) in [5.74, 6) is -4.65. The Labute approximate surface area is 270 Å². The number of ether oxygens (including phenoxy) is 2. The zero-order valence-corrected chi connectivity index (χ0v) is 25.8. The van der Waals surface area contributed by atoms with Crippen LogP contribution in [0.1, 0.15) is 59.8 Å². The number of benzene rings is 2. The molecule has 252 valence electrons. The van der Waals surface area contributed by atoms with Crippen LogP contribution < -0.4 is 20.5 Å². The number of aromatic nitrogens is 3. The smallest absolute Gasteiger partial charge is 0.419 e. The molecule has 0 radical (unpaired) electrons. The van der Waals surface area contributed by atoms with Gasteiger partial charge in [-0.15, -0.1) is 0 Å². The Hall–Kier alpha value is -4.79. The number of primary amides is 1. The number of carbonyl (C=O) groups is 2. The number of halogens is 5. The number of hydrogen-bond acceptors (Lipinski definition) is 7. The Morgan fingerprint density at radius 3 is 2.54 bits per heavy atom. The van der Waals surface area contributed by atoms with Gasteiger partial charge in [-0.05, 0) is 62.1 Å². The van der Waals surface area contributed by atoms with E-state index in [1.54, 1.807) is 0 Å². The second-order valence-electron chi connectivity index (χ2n) is 12.9. The molecule has 4 N–H and O–H groups in total. The van der Waals surface area contributed by atoms with Gasteiger partial charge in [0.1, 0.15) is 46.1 Å². The molecule has 10 nitrogen and oxygen atoms in total. The van der Waals surface area contributed by atoms with Crippen LogP contribution in [-0.2, 0) is 27.8 Å². The third-order valence-corrected chi connectivity index (χ3v) is 9.51. The van der Waals surface area contributed by atoms with E-state index in [4.69, 9.17) is 15.2 Å². The predicted octanol–water partition coefficient (Wildman–Crippen LogP) is 4.84. The first-order valence-corrected chi connectivity index (χ1v) is 15.2. The summed E-state index contributed by atoms with van der Waals surface area (Å²) in [6.07, 6.45) is -1.78. The van der Waals surface area contributed by atoms with Gasteiger partial charge in [0.25, 0.3) is 5.91 Å². The Balaban J connectivity index is 1.27. The number of aliphatic hydroxyl groups is 1. The van der Waals surface area contributed by atoms with E-state index < -0.39 is 52.1 Å². The fourth-order valence-corrected chi connectivity index (χ4v) is 6.14. The van der Waals surface area contributed by atoms with Crippen molar-refractivity contribution in [2.75, 3.05) is 20.3 Å². The van der Waals surface area contributed by atoms with E-state index in [9.17, 15) is 36.6 Å². The third kappa shape index (κ3) is 5.11. The van der Waals surface area contributed by atoms with Crippen LogP contribution in [-0.4, -0.2) is 51.9 Å². The number of hydrogen-bond donors (Lipinski definition) is 3. The summed E-state index contributed by atoms with van der Waals surface area (Å²) >= 11 is 0. The highest BCUT2D eigenvalue weighted by Crippen LogP contribution is 2.50. The maximum atomic E-state index is 14.7. The molecule has 3 aliphatic rings. The fraction of sp³-hybridized carbons (Fsp3) is 0.394. The van der Waals surface area contributed by atoms with Crippen LogP contribution in [0, 0.1) is 11.7 Å². The van der Waals surface area contributed by atoms with Crippen molar-refractivity contribution in [1.29, 1.82) is 0 Å². The first-order valence-electron chi connectivity index (χ1n) is 15.2. The Morgan fingerprint density at radius 1 is 1.19 bits per heavy atom. The minimum atomic E-state index is -5.02. The third-order valence-electron chi connectivity index (χ3n) is 9.51. The van der Waals surface area contributed by atoms with Gasteiger partial charge in [0.05, 0.1) is 24.9 Å². The molecule has 7 rings (SSSR count). The molecule has 2 amide bonds. The first-order chi connectivity index (χ1) is 22.6. The molecule has 0 saturated heterocycles. The molecule has 0 spiro atoms. The monoisotopic (exact) mass is 671 g/mol. The molecule has 1 aliphatic heterocycles. The summed E-state index contributed by atoms with van der Waals surface area (Å²) < 4.78 is 82.4. The highest BCUT2D eigenvalue weighted by atomic mass is 19.4. The van der Waals surface area contributed by atoms with Crippen LogP contribution in [0.5, 0.6) is 11.5 Å². The van der Waals surface area contributed by atoms with Gasteiger partial charge in [0.15, 0.2) is 0 Å². The number of pyridine rings is 1. The number of carbonyl (C=O) groups excluding carboxylic acids is 2. The van der Waals surface area contributed by atoms with Crippen molar-refractivity contribution in [3.05, 3.63) is 70.8 Å². The van der Waals surface area contributed by atoms with Crippen molar-refractivity contribution in [2.24, 2.45) is 11.7 Å². The van der Waals surface area contributed by atoms with E-state index in [1.165, 1.54) is 43.1 Å². The average Bonchev–Trinajstić information content (AvgIpc) is 3.96. The van der Waals surface area contributed by atoms with E-state index in [0.717, 1.165) is 6.07 Å². The van der Waals surface area contributed by atoms with E-state index in [-0.39, 0.29) is 52.7 Å². The largest absolute Gasteiger partial charge is 0.494 e. The standard InChI is InChI=1S/C33H30F5N5O5/c1-30(29(39)45)15-48-27-21(30)12-24(41-26(27)16-3-6-22(34)20(10-16)33(36,37)38)32(46,19-4-5-19)14-40-28(44)17-9-18-13-43(31(35)7-8-31)42-25(18)23(11-17)47-2/h3,6,9-13,19,46H,4-5,7-8,14-15H2,1-2H3,(H2,39,45)(H,40,44)/t30-,32+/m0/s1. The number of fused-ring (bicyclic) bond motifs is 2. The van der Waals surface area contributed by atoms with E-state index >= 15 is 0 Å². The van der Waals surface area contributed by atoms with E-state index in [2.05, 4.69) is 15.4 Å². The Kier molecular flexibility index (Phi) is 7.02. The van der Waals surface area contributed by atoms with Gasteiger partial charge in [-0.1, -0.05) is 0 Å². The molecule has 0 bridgehead atoms. The summed E-state index contributed by atoms with van der Waals surface area (Å²) in [4.78, 5) is 30.7. The number of amides is 2. The normalized spacial score (nSPS) is 20.9. The molecule has 4 aromatic rings. The topological polar surface area (TPSA) is 142 Å². The second-order valence-corrected chi connectivity index (χ2v) is 12.9. The van der Waals surface area contributed by atoms with Crippen LogP contribution >= 0.6 is 0 Å². The summed E-state index contributed by atoms with van der Waals surface area (Å²) in [5.41, 5.74) is 1.26. The molecule has 2 atom stereocenters. The lowest BCUT2D eigenvalue weighted by molar-refractivity contribution is -0.140. The maximum Gasteiger partial charge on any atom is 0.419 e. The Bertz CT molecular complexity index is 2010. The van der Waals surface area contributed by atoms with Crippen LogP contribution in [0.25, 0.3) is 22.2 Å². The van der Waals surface area contributed by atoms with Gasteiger partial charge in [0, 0.05) is 41.1 Å². The minimum Gasteiger partial charge on any atom is -0.494 e. The van der Waals surface area contributed by atoms with Crippen molar-refractivity contribution >= 4 is 22.7 Å². The molecule has 48 heavy (non-hydrogen) atoms. The molecule has 2 aliphatic carbocycles. The number of alkyl halides is 4. The lowest BCUT2D eigenvalue weighted by Gasteiger charge is -2.30. The van der Waals surface area contributed by atoms with Gasteiger partial charge in [-0.25, -0.2) is 18.4 Å². The molecular formula is C33H30F5N5O5. The highest BCUT2D eigenvalue weighted by molar-refractivity contribution is 6.00. The van der Waals surface area contributed by atoms with Gasteiger partial charge in [-0.3, -0.25) is 9.59 Å². The van der Waals surface area contributed by atoms with Crippen LogP contribution in [0.4, 0.5) is 22.0 Å². The average molecular weight is 672 g/mol. The van der Waals surface area contributed by atoms with Crippen molar-refractivity contribution in [3.63, 3.8) is 0 Å². The zero-order valence-electron chi connectivity index (χ0n) is 25.8. The number of methoxy groups -OCH3 is 1. The molecular weight excluding hydrogens is 641 g/mol. The van der Waals surface area contributed by atoms with E-state index in [1.807, 2.05) is 0 Å². The molecule has 2 aromatic heterocycles. The van der Waals surface area contributed by atoms with Crippen molar-refractivity contribution in [2.45, 2.75) is 55.6 Å². The van der Waals surface area contributed by atoms with Crippen LogP contribution in [0.2, 0.25) is 0 Å². The maximum absolute atomic E-state index is 14.7. The first kappa shape index (κ1) is 31.8. The summed E-state index contributed by atoms with van der Waals surface area (Å²) in [6, 6.07) is 6.72. The number of nitrogens with two attached hydrogens (primary N) is 1. The lowest BCUT2D eigenvalue weighted by atomic mass is 9.81. The zero-order chi connectivity index (χ0) is 34.4. The fourth-order valence-electron chi connectivity index (χ4n) is 6.14. The number of nitrogens with one attached hydrogen (secondary N) is 1. The van der Waals surface area contributed by atoms with Gasteiger partial charge >= 0.3 is 6.18 Å². The van der Waals surface area contributed by atoms with Gasteiger partial charge < -0.3 is 25.6 Å². The lowest BCUT2D eigenvalue weighted by Crippen LogP contribution is -2.44. The van der Waals surface area contributed by atoms with E-state index in [0.29, 0.717) is 48.7 Å².